The number of phenolic OH excluding ortho intramolecular Hbond substituents is 2. The van der Waals surface area contributed by atoms with Crippen LogP contribution < -0.4 is 0 Å². The van der Waals surface area contributed by atoms with Gasteiger partial charge in [-0.2, -0.15) is 0 Å². The summed E-state index contributed by atoms with van der Waals surface area (Å²) in [6.45, 7) is 0. The maximum atomic E-state index is 9.31. The van der Waals surface area contributed by atoms with Crippen molar-refractivity contribution in [1.82, 2.24) is 9.97 Å². The van der Waals surface area contributed by atoms with Gasteiger partial charge in [-0.1, -0.05) is 36.4 Å². The van der Waals surface area contributed by atoms with Gasteiger partial charge in [-0.15, -0.1) is 0 Å². The molecular weight excluding hydrogens is 483 g/mol. The van der Waals surface area contributed by atoms with Crippen LogP contribution in [0.25, 0.3) is 21.8 Å². The number of phenols is 2. The third-order valence-electron chi connectivity index (χ3n) is 3.22. The van der Waals surface area contributed by atoms with Crippen molar-refractivity contribution in [3.63, 3.8) is 0 Å². The van der Waals surface area contributed by atoms with Crippen LogP contribution in [-0.2, 0) is 0 Å². The number of rotatable bonds is 0. The third-order valence-corrected chi connectivity index (χ3v) is 3.22. The Labute approximate surface area is 153 Å². The van der Waals surface area contributed by atoms with E-state index >= 15 is 0 Å². The molecule has 2 aromatic carbocycles. The molecule has 4 nitrogen and oxygen atoms in total. The summed E-state index contributed by atoms with van der Waals surface area (Å²) in [5, 5.41) is 20.5. The average molecular weight is 498 g/mol. The number of para-hydroxylation sites is 2. The zero-order valence-electron chi connectivity index (χ0n) is 12.2. The monoisotopic (exact) mass is 498 g/mol. The molecular formula is C18H14N2O2Pb. The van der Waals surface area contributed by atoms with E-state index in [9.17, 15) is 10.2 Å². The molecule has 0 spiro atoms. The summed E-state index contributed by atoms with van der Waals surface area (Å²) < 4.78 is 0. The Morgan fingerprint density at radius 1 is 0.565 bits per heavy atom. The molecule has 0 bridgehead atoms. The number of benzene rings is 2. The molecule has 2 heterocycles. The molecule has 23 heavy (non-hydrogen) atoms. The smallest absolute Gasteiger partial charge is 0.141 e. The summed E-state index contributed by atoms with van der Waals surface area (Å²) in [6.07, 6.45) is 3.34. The fourth-order valence-corrected chi connectivity index (χ4v) is 2.18. The summed E-state index contributed by atoms with van der Waals surface area (Å²) in [5.74, 6) is 0.478. The van der Waals surface area contributed by atoms with Crippen LogP contribution in [0.2, 0.25) is 0 Å². The van der Waals surface area contributed by atoms with E-state index in [1.54, 1.807) is 36.7 Å². The molecule has 4 rings (SSSR count). The topological polar surface area (TPSA) is 66.2 Å². The van der Waals surface area contributed by atoms with E-state index in [4.69, 9.17) is 0 Å². The van der Waals surface area contributed by atoms with Crippen molar-refractivity contribution < 1.29 is 10.2 Å². The summed E-state index contributed by atoms with van der Waals surface area (Å²) in [5.41, 5.74) is 1.32. The molecule has 112 valence electrons. The molecule has 0 saturated heterocycles. The largest absolute Gasteiger partial charge is 0.506 e. The van der Waals surface area contributed by atoms with Crippen molar-refractivity contribution in [1.29, 1.82) is 0 Å². The normalized spacial score (nSPS) is 9.74. The SMILES string of the molecule is Oc1cccc2cccnc12.Oc1cccc2cccnc12.[Pb]. The quantitative estimate of drug-likeness (QED) is 0.365. The molecule has 0 amide bonds. The van der Waals surface area contributed by atoms with Gasteiger partial charge in [0, 0.05) is 50.5 Å². The van der Waals surface area contributed by atoms with E-state index < -0.39 is 0 Å². The van der Waals surface area contributed by atoms with Crippen LogP contribution in [-0.4, -0.2) is 47.5 Å². The first-order chi connectivity index (χ1) is 10.8. The summed E-state index contributed by atoms with van der Waals surface area (Å²) in [4.78, 5) is 8.06. The minimum absolute atomic E-state index is 0. The van der Waals surface area contributed by atoms with Crippen molar-refractivity contribution in [2.75, 3.05) is 0 Å². The summed E-state index contributed by atoms with van der Waals surface area (Å²) in [7, 11) is 0. The second-order valence-electron chi connectivity index (χ2n) is 4.70. The van der Waals surface area contributed by atoms with Gasteiger partial charge in [0.05, 0.1) is 0 Å². The van der Waals surface area contributed by atoms with Crippen LogP contribution in [0.4, 0.5) is 0 Å². The summed E-state index contributed by atoms with van der Waals surface area (Å²) in [6, 6.07) is 18.3. The van der Waals surface area contributed by atoms with E-state index in [1.165, 1.54) is 0 Å². The standard InChI is InChI=1S/2C9H7NO.Pb/c2*11-8-5-1-3-7-4-2-6-10-9(7)8;/h2*1-6,11H;. The number of hydrogen-bond donors (Lipinski definition) is 2. The second-order valence-corrected chi connectivity index (χ2v) is 4.70. The van der Waals surface area contributed by atoms with E-state index in [0.29, 0.717) is 11.0 Å². The van der Waals surface area contributed by atoms with Gasteiger partial charge in [-0.3, -0.25) is 9.97 Å². The van der Waals surface area contributed by atoms with Crippen LogP contribution in [0.5, 0.6) is 11.5 Å². The molecule has 0 atom stereocenters. The van der Waals surface area contributed by atoms with Gasteiger partial charge >= 0.3 is 0 Å². The molecule has 0 aliphatic rings. The first-order valence-corrected chi connectivity index (χ1v) is 6.81. The molecule has 4 aromatic rings. The minimum atomic E-state index is 0. The number of pyridine rings is 2. The second kappa shape index (κ2) is 7.87. The number of hydrogen-bond acceptors (Lipinski definition) is 4. The Hall–Kier alpha value is -2.22. The van der Waals surface area contributed by atoms with Crippen molar-refractivity contribution in [2.45, 2.75) is 0 Å². The Morgan fingerprint density at radius 2 is 0.957 bits per heavy atom. The molecule has 4 radical (unpaired) electrons. The van der Waals surface area contributed by atoms with Gasteiger partial charge in [0.2, 0.25) is 0 Å². The number of aromatic nitrogens is 2. The molecule has 2 N–H and O–H groups in total. The molecule has 0 fully saturated rings. The van der Waals surface area contributed by atoms with Gasteiger partial charge < -0.3 is 10.2 Å². The fourth-order valence-electron chi connectivity index (χ4n) is 2.18. The van der Waals surface area contributed by atoms with Crippen molar-refractivity contribution in [3.05, 3.63) is 73.1 Å². The van der Waals surface area contributed by atoms with Gasteiger partial charge in [0.25, 0.3) is 0 Å². The number of aromatic hydroxyl groups is 2. The molecule has 0 aliphatic carbocycles. The molecule has 2 aromatic heterocycles. The number of fused-ring (bicyclic) bond motifs is 2. The van der Waals surface area contributed by atoms with Crippen molar-refractivity contribution >= 4 is 49.1 Å². The number of nitrogens with zero attached hydrogens (tertiary/aromatic N) is 2. The van der Waals surface area contributed by atoms with Gasteiger partial charge in [-0.05, 0) is 24.3 Å². The van der Waals surface area contributed by atoms with Crippen LogP contribution >= 0.6 is 0 Å². The predicted molar refractivity (Wildman–Crippen MR) is 92.6 cm³/mol. The molecule has 5 heteroatoms. The van der Waals surface area contributed by atoms with Crippen molar-refractivity contribution in [3.8, 4) is 11.5 Å². The maximum Gasteiger partial charge on any atom is 0.141 e. The third kappa shape index (κ3) is 3.95. The Morgan fingerprint density at radius 3 is 1.35 bits per heavy atom. The van der Waals surface area contributed by atoms with E-state index in [1.807, 2.05) is 36.4 Å². The van der Waals surface area contributed by atoms with Gasteiger partial charge in [-0.25, -0.2) is 0 Å². The maximum absolute atomic E-state index is 9.31. The first-order valence-electron chi connectivity index (χ1n) is 6.81. The Balaban J connectivity index is 0.000000160. The van der Waals surface area contributed by atoms with Crippen LogP contribution in [0.15, 0.2) is 73.1 Å². The fraction of sp³-hybridized carbons (Fsp3) is 0. The first kappa shape index (κ1) is 17.1. The minimum Gasteiger partial charge on any atom is -0.506 e. The van der Waals surface area contributed by atoms with E-state index in [2.05, 4.69) is 9.97 Å². The molecule has 0 aliphatic heterocycles. The predicted octanol–water partition coefficient (Wildman–Crippen LogP) is 3.50. The van der Waals surface area contributed by atoms with E-state index in [0.717, 1.165) is 10.8 Å². The average Bonchev–Trinajstić information content (AvgIpc) is 2.57. The Kier molecular flexibility index (Phi) is 5.86. The van der Waals surface area contributed by atoms with Crippen LogP contribution in [0.3, 0.4) is 0 Å². The zero-order valence-corrected chi connectivity index (χ0v) is 16.1. The van der Waals surface area contributed by atoms with Crippen LogP contribution in [0.1, 0.15) is 0 Å². The summed E-state index contributed by atoms with van der Waals surface area (Å²) >= 11 is 0. The molecule has 0 unspecified atom stereocenters. The zero-order chi connectivity index (χ0) is 15.4. The van der Waals surface area contributed by atoms with Gasteiger partial charge in [0.15, 0.2) is 0 Å². The van der Waals surface area contributed by atoms with Crippen molar-refractivity contribution in [2.24, 2.45) is 0 Å². The Bertz CT molecular complexity index is 841. The van der Waals surface area contributed by atoms with E-state index in [-0.39, 0.29) is 38.8 Å². The van der Waals surface area contributed by atoms with Gasteiger partial charge in [0.1, 0.15) is 22.5 Å². The molecule has 0 saturated carbocycles. The van der Waals surface area contributed by atoms with Crippen LogP contribution in [0, 0.1) is 0 Å².